The Labute approximate surface area is 147 Å². The van der Waals surface area contributed by atoms with Crippen molar-refractivity contribution < 1.29 is 14.6 Å². The van der Waals surface area contributed by atoms with Gasteiger partial charge < -0.3 is 9.84 Å². The van der Waals surface area contributed by atoms with E-state index in [1.54, 1.807) is 0 Å². The standard InChI is InChI=1S/C21H34O3/c1-3-4-8-14-20(22)15-11-13-19-17-18(19)12-9-6-5-7-10-16-21(23)24-2/h5-6,18-20,22H,3-4,7-10,12-14,16-17H2,1-2H3/b6-5-/t18-,19-,20-/m0/s1. The molecular weight excluding hydrogens is 300 g/mol. The van der Waals surface area contributed by atoms with Crippen molar-refractivity contribution in [1.82, 2.24) is 0 Å². The SMILES string of the molecule is CCCCC[C@H](O)C#CC[C@H]1C[C@@H]1CC/C=C\CCCC(=O)OC. The Kier molecular flexibility index (Phi) is 11.3. The van der Waals surface area contributed by atoms with Crippen LogP contribution in [0.25, 0.3) is 0 Å². The normalized spacial score (nSPS) is 20.5. The van der Waals surface area contributed by atoms with Gasteiger partial charge in [-0.05, 0) is 56.8 Å². The zero-order chi connectivity index (χ0) is 17.6. The molecule has 1 aliphatic carbocycles. The number of aliphatic hydroxyl groups is 1. The van der Waals surface area contributed by atoms with Crippen molar-refractivity contribution in [3.8, 4) is 11.8 Å². The first kappa shape index (κ1) is 20.8. The molecule has 0 aliphatic heterocycles. The van der Waals surface area contributed by atoms with E-state index in [1.165, 1.54) is 32.8 Å². The molecule has 0 aromatic carbocycles. The first-order chi connectivity index (χ1) is 11.7. The van der Waals surface area contributed by atoms with Crippen molar-refractivity contribution in [2.24, 2.45) is 11.8 Å². The lowest BCUT2D eigenvalue weighted by Crippen LogP contribution is -2.02. The van der Waals surface area contributed by atoms with Gasteiger partial charge in [0.2, 0.25) is 0 Å². The fourth-order valence-electron chi connectivity index (χ4n) is 2.89. The van der Waals surface area contributed by atoms with Gasteiger partial charge in [-0.15, -0.1) is 5.92 Å². The Morgan fingerprint density at radius 2 is 2.04 bits per heavy atom. The summed E-state index contributed by atoms with van der Waals surface area (Å²) in [5, 5.41) is 9.76. The molecule has 1 fully saturated rings. The van der Waals surface area contributed by atoms with Crippen molar-refractivity contribution in [2.75, 3.05) is 7.11 Å². The molecule has 3 heteroatoms. The van der Waals surface area contributed by atoms with E-state index in [-0.39, 0.29) is 5.97 Å². The summed E-state index contributed by atoms with van der Waals surface area (Å²) in [6, 6.07) is 0. The van der Waals surface area contributed by atoms with E-state index in [0.29, 0.717) is 6.42 Å². The molecule has 3 nitrogen and oxygen atoms in total. The van der Waals surface area contributed by atoms with Crippen molar-refractivity contribution in [3.05, 3.63) is 12.2 Å². The average Bonchev–Trinajstić information content (AvgIpc) is 3.32. The van der Waals surface area contributed by atoms with Crippen LogP contribution in [-0.2, 0) is 9.53 Å². The van der Waals surface area contributed by atoms with Gasteiger partial charge in [0.15, 0.2) is 0 Å². The summed E-state index contributed by atoms with van der Waals surface area (Å²) < 4.78 is 4.61. The minimum Gasteiger partial charge on any atom is -0.469 e. The Morgan fingerprint density at radius 3 is 2.79 bits per heavy atom. The van der Waals surface area contributed by atoms with Gasteiger partial charge in [0.05, 0.1) is 7.11 Å². The first-order valence-electron chi connectivity index (χ1n) is 9.55. The lowest BCUT2D eigenvalue weighted by molar-refractivity contribution is -0.140. The molecule has 0 amide bonds. The molecule has 0 aromatic heterocycles. The van der Waals surface area contributed by atoms with Crippen LogP contribution in [0.5, 0.6) is 0 Å². The zero-order valence-electron chi connectivity index (χ0n) is 15.4. The highest BCUT2D eigenvalue weighted by atomic mass is 16.5. The molecule has 24 heavy (non-hydrogen) atoms. The molecule has 1 N–H and O–H groups in total. The number of allylic oxidation sites excluding steroid dienone is 2. The molecule has 136 valence electrons. The predicted octanol–water partition coefficient (Wildman–Crippen LogP) is 4.64. The fourth-order valence-corrected chi connectivity index (χ4v) is 2.89. The second kappa shape index (κ2) is 13.1. The van der Waals surface area contributed by atoms with E-state index in [4.69, 9.17) is 0 Å². The number of carbonyl (C=O) groups excluding carboxylic acids is 1. The molecule has 3 atom stereocenters. The number of carbonyl (C=O) groups is 1. The van der Waals surface area contributed by atoms with E-state index in [0.717, 1.165) is 50.4 Å². The lowest BCUT2D eigenvalue weighted by Gasteiger charge is -2.01. The van der Waals surface area contributed by atoms with E-state index in [1.807, 2.05) is 0 Å². The number of methoxy groups -OCH3 is 1. The number of esters is 1. The van der Waals surface area contributed by atoms with Gasteiger partial charge in [-0.1, -0.05) is 37.8 Å². The molecule has 0 aromatic rings. The molecule has 0 radical (unpaired) electrons. The Hall–Kier alpha value is -1.27. The number of aliphatic hydroxyl groups excluding tert-OH is 1. The van der Waals surface area contributed by atoms with E-state index in [9.17, 15) is 9.90 Å². The second-order valence-corrected chi connectivity index (χ2v) is 6.81. The number of hydrogen-bond acceptors (Lipinski definition) is 3. The van der Waals surface area contributed by atoms with E-state index >= 15 is 0 Å². The summed E-state index contributed by atoms with van der Waals surface area (Å²) >= 11 is 0. The van der Waals surface area contributed by atoms with Crippen molar-refractivity contribution in [2.45, 2.75) is 83.7 Å². The molecule has 0 unspecified atom stereocenters. The number of rotatable bonds is 12. The summed E-state index contributed by atoms with van der Waals surface area (Å²) in [6.07, 6.45) is 15.1. The van der Waals surface area contributed by atoms with Crippen LogP contribution < -0.4 is 0 Å². The van der Waals surface area contributed by atoms with Crippen molar-refractivity contribution in [3.63, 3.8) is 0 Å². The van der Waals surface area contributed by atoms with Gasteiger partial charge in [-0.3, -0.25) is 4.79 Å². The number of hydrogen-bond donors (Lipinski definition) is 1. The molecule has 0 saturated heterocycles. The highest BCUT2D eigenvalue weighted by molar-refractivity contribution is 5.69. The zero-order valence-corrected chi connectivity index (χ0v) is 15.4. The summed E-state index contributed by atoms with van der Waals surface area (Å²) in [4.78, 5) is 11.0. The van der Waals surface area contributed by atoms with Crippen LogP contribution in [0.15, 0.2) is 12.2 Å². The Bertz CT molecular complexity index is 430. The lowest BCUT2D eigenvalue weighted by atomic mass is 10.1. The Morgan fingerprint density at radius 1 is 1.25 bits per heavy atom. The minimum absolute atomic E-state index is 0.124. The van der Waals surface area contributed by atoms with Crippen LogP contribution in [0.3, 0.4) is 0 Å². The smallest absolute Gasteiger partial charge is 0.305 e. The third kappa shape index (κ3) is 10.5. The van der Waals surface area contributed by atoms with Crippen LogP contribution >= 0.6 is 0 Å². The molecule has 1 rings (SSSR count). The van der Waals surface area contributed by atoms with Crippen LogP contribution in [-0.4, -0.2) is 24.3 Å². The number of ether oxygens (including phenoxy) is 1. The summed E-state index contributed by atoms with van der Waals surface area (Å²) in [5.74, 6) is 7.60. The maximum Gasteiger partial charge on any atom is 0.305 e. The van der Waals surface area contributed by atoms with E-state index in [2.05, 4.69) is 35.7 Å². The van der Waals surface area contributed by atoms with Gasteiger partial charge in [-0.25, -0.2) is 0 Å². The molecule has 1 saturated carbocycles. The third-order valence-electron chi connectivity index (χ3n) is 4.63. The first-order valence-corrected chi connectivity index (χ1v) is 9.55. The topological polar surface area (TPSA) is 46.5 Å². The van der Waals surface area contributed by atoms with E-state index < -0.39 is 6.10 Å². The summed E-state index contributed by atoms with van der Waals surface area (Å²) in [5.41, 5.74) is 0. The van der Waals surface area contributed by atoms with Crippen LogP contribution in [0.1, 0.15) is 77.6 Å². The monoisotopic (exact) mass is 334 g/mol. The molecule has 0 heterocycles. The van der Waals surface area contributed by atoms with Crippen molar-refractivity contribution >= 4 is 5.97 Å². The highest BCUT2D eigenvalue weighted by Crippen LogP contribution is 2.44. The third-order valence-corrected chi connectivity index (χ3v) is 4.63. The van der Waals surface area contributed by atoms with Crippen LogP contribution in [0.2, 0.25) is 0 Å². The van der Waals surface area contributed by atoms with Gasteiger partial charge in [0.1, 0.15) is 6.10 Å². The maximum absolute atomic E-state index is 11.0. The maximum atomic E-state index is 11.0. The summed E-state index contributed by atoms with van der Waals surface area (Å²) in [6.45, 7) is 2.17. The molecule has 0 spiro atoms. The predicted molar refractivity (Wildman–Crippen MR) is 98.4 cm³/mol. The largest absolute Gasteiger partial charge is 0.469 e. The van der Waals surface area contributed by atoms with Crippen LogP contribution in [0.4, 0.5) is 0 Å². The summed E-state index contributed by atoms with van der Waals surface area (Å²) in [7, 11) is 1.43. The van der Waals surface area contributed by atoms with Crippen molar-refractivity contribution in [1.29, 1.82) is 0 Å². The quantitative estimate of drug-likeness (QED) is 0.245. The Balaban J connectivity index is 1.98. The van der Waals surface area contributed by atoms with Gasteiger partial charge >= 0.3 is 5.97 Å². The van der Waals surface area contributed by atoms with Crippen LogP contribution in [0, 0.1) is 23.7 Å². The molecule has 0 bridgehead atoms. The minimum atomic E-state index is -0.429. The fraction of sp³-hybridized carbons (Fsp3) is 0.762. The van der Waals surface area contributed by atoms with Gasteiger partial charge in [0, 0.05) is 12.8 Å². The number of unbranched alkanes of at least 4 members (excludes halogenated alkanes) is 3. The molecular formula is C21H34O3. The second-order valence-electron chi connectivity index (χ2n) is 6.81. The van der Waals surface area contributed by atoms with Gasteiger partial charge in [-0.2, -0.15) is 0 Å². The van der Waals surface area contributed by atoms with Gasteiger partial charge in [0.25, 0.3) is 0 Å². The average molecular weight is 335 g/mol. The molecule has 1 aliphatic rings. The highest BCUT2D eigenvalue weighted by Gasteiger charge is 2.34.